The van der Waals surface area contributed by atoms with Crippen LogP contribution in [0.15, 0.2) is 18.2 Å². The normalized spacial score (nSPS) is 19.7. The molecule has 0 amide bonds. The molecule has 3 nitrogen and oxygen atoms in total. The number of hydrogen-bond donors (Lipinski definition) is 1. The fourth-order valence-corrected chi connectivity index (χ4v) is 3.22. The minimum atomic E-state index is -0.304. The Hall–Kier alpha value is -1.44. The van der Waals surface area contributed by atoms with Crippen molar-refractivity contribution in [2.75, 3.05) is 19.6 Å². The van der Waals surface area contributed by atoms with Crippen LogP contribution in [0.2, 0.25) is 0 Å². The Kier molecular flexibility index (Phi) is 4.52. The van der Waals surface area contributed by atoms with Crippen molar-refractivity contribution in [3.05, 3.63) is 35.1 Å². The van der Waals surface area contributed by atoms with Crippen LogP contribution in [0.3, 0.4) is 0 Å². The van der Waals surface area contributed by atoms with Gasteiger partial charge in [0.05, 0.1) is 11.6 Å². The maximum atomic E-state index is 13.6. The summed E-state index contributed by atoms with van der Waals surface area (Å²) in [6.07, 6.45) is 4.97. The molecule has 112 valence electrons. The minimum Gasteiger partial charge on any atom is -0.317 e. The second-order valence-corrected chi connectivity index (χ2v) is 6.31. The van der Waals surface area contributed by atoms with Gasteiger partial charge >= 0.3 is 0 Å². The Morgan fingerprint density at radius 2 is 1.95 bits per heavy atom. The highest BCUT2D eigenvalue weighted by molar-refractivity contribution is 5.33. The molecule has 1 aromatic carbocycles. The Bertz CT molecular complexity index is 527. The van der Waals surface area contributed by atoms with Gasteiger partial charge in [-0.25, -0.2) is 4.39 Å². The molecule has 4 heteroatoms. The van der Waals surface area contributed by atoms with Crippen molar-refractivity contribution in [1.82, 2.24) is 10.2 Å². The van der Waals surface area contributed by atoms with Crippen LogP contribution >= 0.6 is 0 Å². The van der Waals surface area contributed by atoms with Crippen molar-refractivity contribution in [3.8, 4) is 6.07 Å². The molecule has 1 aromatic rings. The van der Waals surface area contributed by atoms with E-state index in [-0.39, 0.29) is 5.82 Å². The van der Waals surface area contributed by atoms with Crippen LogP contribution in [-0.2, 0) is 6.54 Å². The zero-order valence-corrected chi connectivity index (χ0v) is 12.3. The molecular weight excluding hydrogens is 265 g/mol. The Balaban J connectivity index is 1.67. The number of nitrogens with zero attached hydrogens (tertiary/aromatic N) is 2. The van der Waals surface area contributed by atoms with E-state index in [9.17, 15) is 4.39 Å². The topological polar surface area (TPSA) is 39.1 Å². The second-order valence-electron chi connectivity index (χ2n) is 6.31. The molecule has 0 spiro atoms. The summed E-state index contributed by atoms with van der Waals surface area (Å²) in [4.78, 5) is 2.49. The lowest BCUT2D eigenvalue weighted by Crippen LogP contribution is -2.37. The molecule has 0 aromatic heterocycles. The van der Waals surface area contributed by atoms with E-state index in [1.54, 1.807) is 6.07 Å². The van der Waals surface area contributed by atoms with Gasteiger partial charge in [0.1, 0.15) is 5.82 Å². The van der Waals surface area contributed by atoms with E-state index in [4.69, 9.17) is 5.26 Å². The fourth-order valence-electron chi connectivity index (χ4n) is 3.22. The lowest BCUT2D eigenvalue weighted by Gasteiger charge is -2.30. The highest BCUT2D eigenvalue weighted by Crippen LogP contribution is 2.30. The van der Waals surface area contributed by atoms with Gasteiger partial charge in [0.25, 0.3) is 0 Å². The molecule has 0 atom stereocenters. The zero-order valence-electron chi connectivity index (χ0n) is 12.3. The van der Waals surface area contributed by atoms with E-state index >= 15 is 0 Å². The number of rotatable bonds is 5. The van der Waals surface area contributed by atoms with E-state index in [2.05, 4.69) is 10.2 Å². The first kappa shape index (κ1) is 14.5. The molecule has 3 rings (SSSR count). The van der Waals surface area contributed by atoms with Gasteiger partial charge in [0.2, 0.25) is 0 Å². The molecule has 0 unspecified atom stereocenters. The molecule has 0 bridgehead atoms. The fraction of sp³-hybridized carbons (Fsp3) is 0.588. The Labute approximate surface area is 125 Å². The highest BCUT2D eigenvalue weighted by atomic mass is 19.1. The van der Waals surface area contributed by atoms with Gasteiger partial charge < -0.3 is 5.32 Å². The maximum Gasteiger partial charge on any atom is 0.124 e. The summed E-state index contributed by atoms with van der Waals surface area (Å²) in [5, 5.41) is 12.4. The number of nitrogens with one attached hydrogen (secondary N) is 1. The summed E-state index contributed by atoms with van der Waals surface area (Å²) in [5.41, 5.74) is 1.34. The van der Waals surface area contributed by atoms with Gasteiger partial charge in [-0.3, -0.25) is 4.90 Å². The summed E-state index contributed by atoms with van der Waals surface area (Å²) in [6.45, 7) is 4.09. The quantitative estimate of drug-likeness (QED) is 0.905. The van der Waals surface area contributed by atoms with Crippen LogP contribution < -0.4 is 5.32 Å². The van der Waals surface area contributed by atoms with E-state index < -0.39 is 0 Å². The van der Waals surface area contributed by atoms with Gasteiger partial charge in [-0.2, -0.15) is 5.26 Å². The third kappa shape index (κ3) is 4.03. The summed E-state index contributed by atoms with van der Waals surface area (Å²) in [6, 6.07) is 7.39. The number of halogens is 1. The lowest BCUT2D eigenvalue weighted by atomic mass is 9.97. The smallest absolute Gasteiger partial charge is 0.124 e. The molecule has 1 N–H and O–H groups in total. The first-order valence-corrected chi connectivity index (χ1v) is 7.89. The molecular formula is C17H22FN3. The average molecular weight is 287 g/mol. The molecule has 1 saturated heterocycles. The monoisotopic (exact) mass is 287 g/mol. The first-order chi connectivity index (χ1) is 10.2. The van der Waals surface area contributed by atoms with Crippen LogP contribution in [0.25, 0.3) is 0 Å². The first-order valence-electron chi connectivity index (χ1n) is 7.89. The van der Waals surface area contributed by atoms with Crippen LogP contribution in [0.4, 0.5) is 4.39 Å². The predicted molar refractivity (Wildman–Crippen MR) is 80.1 cm³/mol. The molecule has 1 heterocycles. The molecule has 2 aliphatic rings. The van der Waals surface area contributed by atoms with E-state index in [0.717, 1.165) is 37.7 Å². The molecule has 21 heavy (non-hydrogen) atoms. The maximum absolute atomic E-state index is 13.6. The zero-order chi connectivity index (χ0) is 14.7. The van der Waals surface area contributed by atoms with Crippen molar-refractivity contribution in [3.63, 3.8) is 0 Å². The number of nitriles is 1. The summed E-state index contributed by atoms with van der Waals surface area (Å²) >= 11 is 0. The molecule has 1 aliphatic carbocycles. The van der Waals surface area contributed by atoms with Crippen LogP contribution in [-0.4, -0.2) is 30.6 Å². The van der Waals surface area contributed by atoms with Gasteiger partial charge in [0.15, 0.2) is 0 Å². The van der Waals surface area contributed by atoms with Crippen molar-refractivity contribution >= 4 is 0 Å². The molecule has 1 saturated carbocycles. The molecule has 2 fully saturated rings. The number of benzene rings is 1. The van der Waals surface area contributed by atoms with Crippen molar-refractivity contribution in [2.45, 2.75) is 38.3 Å². The molecule has 0 radical (unpaired) electrons. The largest absolute Gasteiger partial charge is 0.317 e. The van der Waals surface area contributed by atoms with Crippen LogP contribution in [0.1, 0.15) is 36.8 Å². The summed E-state index contributed by atoms with van der Waals surface area (Å²) in [7, 11) is 0. The van der Waals surface area contributed by atoms with Crippen LogP contribution in [0, 0.1) is 23.1 Å². The minimum absolute atomic E-state index is 0.304. The standard InChI is InChI=1S/C17H22FN3/c18-16-8-14(10-19)7-15(9-16)12-21(17-1-2-17)11-13-3-5-20-6-4-13/h7-9,13,17,20H,1-6,11-12H2. The third-order valence-electron chi connectivity index (χ3n) is 4.49. The molecule has 1 aliphatic heterocycles. The van der Waals surface area contributed by atoms with E-state index in [1.807, 2.05) is 12.1 Å². The Morgan fingerprint density at radius 1 is 1.19 bits per heavy atom. The van der Waals surface area contributed by atoms with Crippen LogP contribution in [0.5, 0.6) is 0 Å². The Morgan fingerprint density at radius 3 is 2.62 bits per heavy atom. The van der Waals surface area contributed by atoms with Gasteiger partial charge in [0, 0.05) is 19.1 Å². The van der Waals surface area contributed by atoms with Crippen molar-refractivity contribution < 1.29 is 4.39 Å². The van der Waals surface area contributed by atoms with Gasteiger partial charge in [-0.1, -0.05) is 0 Å². The average Bonchev–Trinajstić information content (AvgIpc) is 3.31. The third-order valence-corrected chi connectivity index (χ3v) is 4.49. The summed E-state index contributed by atoms with van der Waals surface area (Å²) in [5.74, 6) is 0.442. The van der Waals surface area contributed by atoms with Gasteiger partial charge in [-0.15, -0.1) is 0 Å². The van der Waals surface area contributed by atoms with Gasteiger partial charge in [-0.05, 0) is 68.5 Å². The number of piperidine rings is 1. The van der Waals surface area contributed by atoms with Crippen molar-refractivity contribution in [2.24, 2.45) is 5.92 Å². The van der Waals surface area contributed by atoms with Crippen molar-refractivity contribution in [1.29, 1.82) is 5.26 Å². The van der Waals surface area contributed by atoms with E-state index in [1.165, 1.54) is 31.7 Å². The second kappa shape index (κ2) is 6.55. The van der Waals surface area contributed by atoms with E-state index in [0.29, 0.717) is 11.6 Å². The lowest BCUT2D eigenvalue weighted by molar-refractivity contribution is 0.190. The predicted octanol–water partition coefficient (Wildman–Crippen LogP) is 2.66. The SMILES string of the molecule is N#Cc1cc(F)cc(CN(CC2CCNCC2)C2CC2)c1. The highest BCUT2D eigenvalue weighted by Gasteiger charge is 2.31. The summed E-state index contributed by atoms with van der Waals surface area (Å²) < 4.78 is 13.6. The number of hydrogen-bond acceptors (Lipinski definition) is 3.